The van der Waals surface area contributed by atoms with Crippen LogP contribution in [0.2, 0.25) is 0 Å². The molecule has 0 radical (unpaired) electrons. The predicted molar refractivity (Wildman–Crippen MR) is 54.3 cm³/mol. The van der Waals surface area contributed by atoms with Crippen molar-refractivity contribution in [2.75, 3.05) is 11.9 Å². The summed E-state index contributed by atoms with van der Waals surface area (Å²) in [4.78, 5) is 26.3. The monoisotopic (exact) mass is 227 g/mol. The summed E-state index contributed by atoms with van der Waals surface area (Å²) in [6.07, 6.45) is 1.20. The normalized spacial score (nSPS) is 10.9. The number of anilines is 1. The number of carbonyl (C=O) groups is 2. The summed E-state index contributed by atoms with van der Waals surface area (Å²) in [5, 5.41) is 19.3. The highest BCUT2D eigenvalue weighted by atomic mass is 16.3. The Kier molecular flexibility index (Phi) is 3.56. The van der Waals surface area contributed by atoms with Crippen LogP contribution >= 0.6 is 0 Å². The van der Waals surface area contributed by atoms with Crippen molar-refractivity contribution >= 4 is 17.8 Å². The Morgan fingerprint density at radius 3 is 2.69 bits per heavy atom. The zero-order valence-electron chi connectivity index (χ0n) is 8.94. The van der Waals surface area contributed by atoms with Gasteiger partial charge in [0, 0.05) is 0 Å². The summed E-state index contributed by atoms with van der Waals surface area (Å²) in [7, 11) is 0. The largest absolute Gasteiger partial charge is 0.394 e. The van der Waals surface area contributed by atoms with E-state index in [2.05, 4.69) is 25.8 Å². The fraction of sp³-hybridized carbons (Fsp3) is 0.500. The highest BCUT2D eigenvalue weighted by Gasteiger charge is 2.23. The molecule has 4 N–H and O–H groups in total. The maximum Gasteiger partial charge on any atom is 0.316 e. The van der Waals surface area contributed by atoms with Crippen LogP contribution in [0, 0.1) is 0 Å². The van der Waals surface area contributed by atoms with Crippen LogP contribution < -0.4 is 10.6 Å². The molecule has 0 bridgehead atoms. The fourth-order valence-corrected chi connectivity index (χ4v) is 0.834. The Morgan fingerprint density at radius 1 is 1.50 bits per heavy atom. The predicted octanol–water partition coefficient (Wildman–Crippen LogP) is -1.37. The Labute approximate surface area is 91.5 Å². The Bertz CT molecular complexity index is 373. The summed E-state index contributed by atoms with van der Waals surface area (Å²) in [6, 6.07) is 0. The highest BCUT2D eigenvalue weighted by molar-refractivity contribution is 6.39. The molecule has 0 saturated heterocycles. The number of hydrogen-bond donors (Lipinski definition) is 4. The number of nitrogens with one attached hydrogen (secondary N) is 3. The van der Waals surface area contributed by atoms with Crippen molar-refractivity contribution in [2.24, 2.45) is 0 Å². The van der Waals surface area contributed by atoms with Crippen LogP contribution in [0.3, 0.4) is 0 Å². The lowest BCUT2D eigenvalue weighted by atomic mass is 10.1. The van der Waals surface area contributed by atoms with E-state index in [1.807, 2.05) is 0 Å². The second kappa shape index (κ2) is 4.71. The van der Waals surface area contributed by atoms with Gasteiger partial charge >= 0.3 is 11.8 Å². The molecule has 1 aromatic rings. The number of hydrogen-bond acceptors (Lipinski definition) is 5. The van der Waals surface area contributed by atoms with Gasteiger partial charge in [-0.25, -0.2) is 5.10 Å². The summed E-state index contributed by atoms with van der Waals surface area (Å²) in [5.74, 6) is -1.64. The molecule has 88 valence electrons. The van der Waals surface area contributed by atoms with E-state index in [0.717, 1.165) is 0 Å². The van der Waals surface area contributed by atoms with Crippen molar-refractivity contribution in [2.45, 2.75) is 19.4 Å². The minimum atomic E-state index is -0.877. The molecule has 1 aromatic heterocycles. The first kappa shape index (κ1) is 12.1. The molecule has 0 unspecified atom stereocenters. The van der Waals surface area contributed by atoms with Crippen molar-refractivity contribution in [3.05, 3.63) is 6.33 Å². The summed E-state index contributed by atoms with van der Waals surface area (Å²) < 4.78 is 0. The number of aromatic nitrogens is 3. The molecule has 0 saturated carbocycles. The maximum absolute atomic E-state index is 11.3. The van der Waals surface area contributed by atoms with Gasteiger partial charge < -0.3 is 10.4 Å². The Hall–Kier alpha value is -1.96. The van der Waals surface area contributed by atoms with Crippen LogP contribution in [-0.2, 0) is 9.59 Å². The number of nitrogens with zero attached hydrogens (tertiary/aromatic N) is 2. The number of H-pyrrole nitrogens is 1. The fourth-order valence-electron chi connectivity index (χ4n) is 0.834. The lowest BCUT2D eigenvalue weighted by molar-refractivity contribution is -0.137. The molecule has 0 aliphatic rings. The average Bonchev–Trinajstić information content (AvgIpc) is 2.69. The first-order chi connectivity index (χ1) is 7.44. The van der Waals surface area contributed by atoms with Crippen molar-refractivity contribution in [1.29, 1.82) is 0 Å². The van der Waals surface area contributed by atoms with E-state index < -0.39 is 17.4 Å². The van der Waals surface area contributed by atoms with Crippen LogP contribution in [0.25, 0.3) is 0 Å². The summed E-state index contributed by atoms with van der Waals surface area (Å²) in [5.41, 5.74) is -0.851. The zero-order valence-corrected chi connectivity index (χ0v) is 8.94. The van der Waals surface area contributed by atoms with Gasteiger partial charge in [-0.15, -0.1) is 0 Å². The van der Waals surface area contributed by atoms with Gasteiger partial charge in [0.1, 0.15) is 6.33 Å². The number of aliphatic hydroxyl groups is 1. The number of aliphatic hydroxyl groups excluding tert-OH is 1. The van der Waals surface area contributed by atoms with E-state index in [4.69, 9.17) is 5.11 Å². The molecule has 0 atom stereocenters. The molecule has 0 aliphatic heterocycles. The molecule has 16 heavy (non-hydrogen) atoms. The highest BCUT2D eigenvalue weighted by Crippen LogP contribution is 2.00. The number of carbonyl (C=O) groups excluding carboxylic acids is 2. The SMILES string of the molecule is CC(C)(CO)NC(=O)C(=O)Nc1ncn[nH]1. The quantitative estimate of drug-likeness (QED) is 0.475. The molecule has 0 spiro atoms. The third-order valence-corrected chi connectivity index (χ3v) is 1.70. The summed E-state index contributed by atoms with van der Waals surface area (Å²) in [6.45, 7) is 2.91. The van der Waals surface area contributed by atoms with E-state index in [9.17, 15) is 9.59 Å². The smallest absolute Gasteiger partial charge is 0.316 e. The Morgan fingerprint density at radius 2 is 2.19 bits per heavy atom. The maximum atomic E-state index is 11.3. The molecule has 0 fully saturated rings. The van der Waals surface area contributed by atoms with E-state index in [1.54, 1.807) is 13.8 Å². The van der Waals surface area contributed by atoms with Gasteiger partial charge in [0.15, 0.2) is 0 Å². The minimum Gasteiger partial charge on any atom is -0.394 e. The number of rotatable bonds is 3. The molecule has 1 heterocycles. The molecule has 0 aromatic carbocycles. The van der Waals surface area contributed by atoms with Gasteiger partial charge in [-0.2, -0.15) is 10.1 Å². The van der Waals surface area contributed by atoms with Crippen molar-refractivity contribution in [1.82, 2.24) is 20.5 Å². The molecular weight excluding hydrogens is 214 g/mol. The third kappa shape index (κ3) is 3.31. The van der Waals surface area contributed by atoms with Crippen molar-refractivity contribution < 1.29 is 14.7 Å². The van der Waals surface area contributed by atoms with E-state index in [-0.39, 0.29) is 12.6 Å². The molecule has 0 aliphatic carbocycles. The first-order valence-electron chi connectivity index (χ1n) is 4.54. The van der Waals surface area contributed by atoms with E-state index >= 15 is 0 Å². The van der Waals surface area contributed by atoms with Gasteiger partial charge in [-0.3, -0.25) is 14.9 Å². The van der Waals surface area contributed by atoms with Gasteiger partial charge in [-0.1, -0.05) is 0 Å². The van der Waals surface area contributed by atoms with Gasteiger partial charge in [0.2, 0.25) is 5.95 Å². The van der Waals surface area contributed by atoms with Crippen LogP contribution in [0.5, 0.6) is 0 Å². The second-order valence-electron chi connectivity index (χ2n) is 3.78. The number of amides is 2. The molecular formula is C8H13N5O3. The van der Waals surface area contributed by atoms with E-state index in [0.29, 0.717) is 0 Å². The second-order valence-corrected chi connectivity index (χ2v) is 3.78. The molecule has 8 nitrogen and oxygen atoms in total. The summed E-state index contributed by atoms with van der Waals surface area (Å²) >= 11 is 0. The Balaban J connectivity index is 2.52. The minimum absolute atomic E-state index is 0.0851. The lowest BCUT2D eigenvalue weighted by Crippen LogP contribution is -2.50. The average molecular weight is 227 g/mol. The van der Waals surface area contributed by atoms with Gasteiger partial charge in [-0.05, 0) is 13.8 Å². The standard InChI is InChI=1S/C8H13N5O3/c1-8(2,3-14)12-6(16)5(15)11-7-9-4-10-13-7/h4,14H,3H2,1-2H3,(H,12,16)(H2,9,10,11,13,15). The van der Waals surface area contributed by atoms with Crippen LogP contribution in [0.15, 0.2) is 6.33 Å². The number of aromatic amines is 1. The van der Waals surface area contributed by atoms with Crippen LogP contribution in [0.4, 0.5) is 5.95 Å². The van der Waals surface area contributed by atoms with Gasteiger partial charge in [0.05, 0.1) is 12.1 Å². The van der Waals surface area contributed by atoms with E-state index in [1.165, 1.54) is 6.33 Å². The molecule has 8 heteroatoms. The van der Waals surface area contributed by atoms with Crippen LogP contribution in [-0.4, -0.2) is 44.2 Å². The van der Waals surface area contributed by atoms with Gasteiger partial charge in [0.25, 0.3) is 0 Å². The molecule has 2 amide bonds. The lowest BCUT2D eigenvalue weighted by Gasteiger charge is -2.22. The van der Waals surface area contributed by atoms with Crippen LogP contribution in [0.1, 0.15) is 13.8 Å². The zero-order chi connectivity index (χ0) is 12.2. The third-order valence-electron chi connectivity index (χ3n) is 1.70. The first-order valence-corrected chi connectivity index (χ1v) is 4.54. The van der Waals surface area contributed by atoms with Crippen molar-refractivity contribution in [3.63, 3.8) is 0 Å². The topological polar surface area (TPSA) is 120 Å². The van der Waals surface area contributed by atoms with Crippen molar-refractivity contribution in [3.8, 4) is 0 Å². The molecule has 1 rings (SSSR count).